The largest absolute Gasteiger partial charge is 0.497 e. The summed E-state index contributed by atoms with van der Waals surface area (Å²) in [6, 6.07) is 14.7. The number of nitrogens with zero attached hydrogens (tertiary/aromatic N) is 4. The number of para-hydroxylation sites is 1. The average molecular weight is 479 g/mol. The summed E-state index contributed by atoms with van der Waals surface area (Å²) in [5.74, 6) is 1.56. The van der Waals surface area contributed by atoms with E-state index in [1.165, 1.54) is 16.2 Å². The van der Waals surface area contributed by atoms with Crippen LogP contribution in [0, 0.1) is 6.92 Å². The van der Waals surface area contributed by atoms with Gasteiger partial charge in [0.05, 0.1) is 19.9 Å². The van der Waals surface area contributed by atoms with E-state index < -0.39 is 17.4 Å². The lowest BCUT2D eigenvalue weighted by Gasteiger charge is -2.16. The van der Waals surface area contributed by atoms with Crippen LogP contribution >= 0.6 is 0 Å². The highest BCUT2D eigenvalue weighted by molar-refractivity contribution is 5.80. The van der Waals surface area contributed by atoms with Crippen LogP contribution in [0.2, 0.25) is 0 Å². The van der Waals surface area contributed by atoms with Gasteiger partial charge >= 0.3 is 5.69 Å². The normalized spacial score (nSPS) is 12.2. The van der Waals surface area contributed by atoms with Crippen molar-refractivity contribution in [2.24, 2.45) is 12.1 Å². The van der Waals surface area contributed by atoms with Crippen LogP contribution < -0.4 is 26.1 Å². The molecule has 0 amide bonds. The molecule has 0 bridgehead atoms. The zero-order valence-electron chi connectivity index (χ0n) is 19.6. The Morgan fingerprint density at radius 1 is 1.20 bits per heavy atom. The molecule has 1 atom stereocenters. The van der Waals surface area contributed by atoms with E-state index in [0.29, 0.717) is 5.75 Å². The summed E-state index contributed by atoms with van der Waals surface area (Å²) in [6.45, 7) is 1.88. The van der Waals surface area contributed by atoms with E-state index in [1.807, 2.05) is 43.3 Å². The standard InChI is InChI=1S/C24H26N6O5/c1-15-6-4-5-7-19(15)35-14-17(31)13-30-20-21(29(2)24(33)27-22(20)32)26-23(30)28-25-12-16-8-10-18(34-3)11-9-16/h4-12,17,31H,13-14H2,1-3H3,(H,26,28)(H,27,32,33)/b25-12+/t17-/m0/s1. The number of aromatic nitrogens is 4. The van der Waals surface area contributed by atoms with Gasteiger partial charge in [-0.3, -0.25) is 14.3 Å². The summed E-state index contributed by atoms with van der Waals surface area (Å²) in [4.78, 5) is 31.3. The van der Waals surface area contributed by atoms with Crippen LogP contribution in [-0.4, -0.2) is 50.2 Å². The van der Waals surface area contributed by atoms with Gasteiger partial charge < -0.3 is 19.1 Å². The molecule has 0 unspecified atom stereocenters. The van der Waals surface area contributed by atoms with Crippen molar-refractivity contribution in [3.8, 4) is 11.5 Å². The van der Waals surface area contributed by atoms with E-state index in [2.05, 4.69) is 20.5 Å². The number of hydrazone groups is 1. The molecule has 0 saturated carbocycles. The minimum Gasteiger partial charge on any atom is -0.497 e. The smallest absolute Gasteiger partial charge is 0.329 e. The first-order chi connectivity index (χ1) is 16.9. The third kappa shape index (κ3) is 5.25. The highest BCUT2D eigenvalue weighted by atomic mass is 16.5. The van der Waals surface area contributed by atoms with Gasteiger partial charge in [-0.25, -0.2) is 10.2 Å². The van der Waals surface area contributed by atoms with Gasteiger partial charge in [0.25, 0.3) is 5.56 Å². The average Bonchev–Trinajstić information content (AvgIpc) is 3.21. The Morgan fingerprint density at radius 3 is 2.66 bits per heavy atom. The molecular formula is C24H26N6O5. The van der Waals surface area contributed by atoms with Crippen molar-refractivity contribution >= 4 is 23.3 Å². The Bertz CT molecular complexity index is 1470. The van der Waals surface area contributed by atoms with Crippen LogP contribution in [0.25, 0.3) is 11.2 Å². The summed E-state index contributed by atoms with van der Waals surface area (Å²) >= 11 is 0. The number of aliphatic hydroxyl groups is 1. The van der Waals surface area contributed by atoms with Crippen molar-refractivity contribution in [3.05, 3.63) is 80.5 Å². The predicted octanol–water partition coefficient (Wildman–Crippen LogP) is 1.63. The number of rotatable bonds is 9. The van der Waals surface area contributed by atoms with Crippen LogP contribution in [-0.2, 0) is 13.6 Å². The zero-order chi connectivity index (χ0) is 24.9. The van der Waals surface area contributed by atoms with Gasteiger partial charge in [-0.15, -0.1) is 0 Å². The van der Waals surface area contributed by atoms with Crippen molar-refractivity contribution in [2.75, 3.05) is 19.1 Å². The molecule has 3 N–H and O–H groups in total. The number of anilines is 1. The van der Waals surface area contributed by atoms with Crippen molar-refractivity contribution in [3.63, 3.8) is 0 Å². The summed E-state index contributed by atoms with van der Waals surface area (Å²) < 4.78 is 13.6. The summed E-state index contributed by atoms with van der Waals surface area (Å²) in [5, 5.41) is 14.9. The molecule has 11 nitrogen and oxygen atoms in total. The lowest BCUT2D eigenvalue weighted by molar-refractivity contribution is 0.0935. The number of hydrogen-bond donors (Lipinski definition) is 3. The summed E-state index contributed by atoms with van der Waals surface area (Å²) in [5.41, 5.74) is 3.63. The maximum Gasteiger partial charge on any atom is 0.329 e. The number of H-pyrrole nitrogens is 1. The van der Waals surface area contributed by atoms with Gasteiger partial charge in [0.1, 0.15) is 24.2 Å². The second-order valence-electron chi connectivity index (χ2n) is 7.91. The number of aliphatic hydroxyl groups excluding tert-OH is 1. The fourth-order valence-corrected chi connectivity index (χ4v) is 3.52. The van der Waals surface area contributed by atoms with E-state index >= 15 is 0 Å². The molecule has 4 aromatic rings. The van der Waals surface area contributed by atoms with Crippen LogP contribution in [0.5, 0.6) is 11.5 Å². The van der Waals surface area contributed by atoms with Crippen molar-refractivity contribution < 1.29 is 14.6 Å². The Balaban J connectivity index is 1.61. The quantitative estimate of drug-likeness (QED) is 0.246. The summed E-state index contributed by atoms with van der Waals surface area (Å²) in [7, 11) is 3.09. The molecule has 35 heavy (non-hydrogen) atoms. The maximum absolute atomic E-state index is 12.6. The molecule has 182 valence electrons. The minimum atomic E-state index is -0.977. The molecule has 0 aliphatic heterocycles. The molecule has 2 heterocycles. The first kappa shape index (κ1) is 23.8. The topological polar surface area (TPSA) is 136 Å². The molecular weight excluding hydrogens is 452 g/mol. The van der Waals surface area contributed by atoms with E-state index in [0.717, 1.165) is 16.9 Å². The fourth-order valence-electron chi connectivity index (χ4n) is 3.52. The van der Waals surface area contributed by atoms with E-state index in [4.69, 9.17) is 9.47 Å². The Labute approximate surface area is 200 Å². The number of fused-ring (bicyclic) bond motifs is 1. The second-order valence-corrected chi connectivity index (χ2v) is 7.91. The number of imidazole rings is 1. The molecule has 0 fully saturated rings. The number of aryl methyl sites for hydroxylation is 2. The Kier molecular flexibility index (Phi) is 6.97. The number of hydrogen-bond acceptors (Lipinski definition) is 8. The SMILES string of the molecule is COc1ccc(/C=N/Nc2nc3c(c(=O)[nH]c(=O)n3C)n2C[C@H](O)COc2ccccc2C)cc1. The van der Waals surface area contributed by atoms with Gasteiger partial charge in [-0.1, -0.05) is 18.2 Å². The number of aromatic amines is 1. The first-order valence-corrected chi connectivity index (χ1v) is 10.9. The molecule has 11 heteroatoms. The molecule has 0 saturated heterocycles. The third-order valence-electron chi connectivity index (χ3n) is 5.42. The monoisotopic (exact) mass is 478 g/mol. The molecule has 2 aromatic carbocycles. The van der Waals surface area contributed by atoms with Crippen LogP contribution in [0.3, 0.4) is 0 Å². The number of ether oxygens (including phenoxy) is 2. The first-order valence-electron chi connectivity index (χ1n) is 10.9. The number of methoxy groups -OCH3 is 1. The van der Waals surface area contributed by atoms with Gasteiger partial charge in [0.2, 0.25) is 5.95 Å². The number of nitrogens with one attached hydrogen (secondary N) is 2. The molecule has 0 spiro atoms. The third-order valence-corrected chi connectivity index (χ3v) is 5.42. The van der Waals surface area contributed by atoms with Crippen LogP contribution in [0.4, 0.5) is 5.95 Å². The van der Waals surface area contributed by atoms with Crippen molar-refractivity contribution in [1.29, 1.82) is 0 Å². The van der Waals surface area contributed by atoms with Gasteiger partial charge in [-0.05, 0) is 48.4 Å². The lowest BCUT2D eigenvalue weighted by atomic mass is 10.2. The molecule has 0 aliphatic rings. The maximum atomic E-state index is 12.6. The van der Waals surface area contributed by atoms with Gasteiger partial charge in [-0.2, -0.15) is 10.1 Å². The molecule has 0 radical (unpaired) electrons. The zero-order valence-corrected chi connectivity index (χ0v) is 19.6. The minimum absolute atomic E-state index is 0.0112. The summed E-state index contributed by atoms with van der Waals surface area (Å²) in [6.07, 6.45) is 0.596. The van der Waals surface area contributed by atoms with Crippen LogP contribution in [0.15, 0.2) is 63.2 Å². The van der Waals surface area contributed by atoms with Crippen molar-refractivity contribution in [1.82, 2.24) is 19.1 Å². The number of benzene rings is 2. The van der Waals surface area contributed by atoms with Gasteiger partial charge in [0.15, 0.2) is 11.2 Å². The molecule has 0 aliphatic carbocycles. The Morgan fingerprint density at radius 2 is 1.94 bits per heavy atom. The van der Waals surface area contributed by atoms with Crippen molar-refractivity contribution in [2.45, 2.75) is 19.6 Å². The predicted molar refractivity (Wildman–Crippen MR) is 132 cm³/mol. The fraction of sp³-hybridized carbons (Fsp3) is 0.250. The van der Waals surface area contributed by atoms with E-state index in [1.54, 1.807) is 25.5 Å². The van der Waals surface area contributed by atoms with Gasteiger partial charge in [0, 0.05) is 7.05 Å². The lowest BCUT2D eigenvalue weighted by Crippen LogP contribution is -2.30. The molecule has 2 aromatic heterocycles. The highest BCUT2D eigenvalue weighted by Crippen LogP contribution is 2.19. The molecule has 4 rings (SSSR count). The second kappa shape index (κ2) is 10.3. The van der Waals surface area contributed by atoms with E-state index in [-0.39, 0.29) is 30.3 Å². The Hall–Kier alpha value is -4.38. The van der Waals surface area contributed by atoms with Crippen LogP contribution in [0.1, 0.15) is 11.1 Å². The highest BCUT2D eigenvalue weighted by Gasteiger charge is 2.20. The van der Waals surface area contributed by atoms with E-state index in [9.17, 15) is 14.7 Å².